The SMILES string of the molecule is C=C[C@]1(C(=O)N(CC)CC)[C@@H](c2ccc(Cl)cc2)C(c2ccccc2)=[N+]1[O-]. The Balaban J connectivity index is 2.21. The van der Waals surface area contributed by atoms with Crippen LogP contribution in [0.15, 0.2) is 67.3 Å². The van der Waals surface area contributed by atoms with Crippen LogP contribution in [0.5, 0.6) is 0 Å². The Morgan fingerprint density at radius 2 is 1.78 bits per heavy atom. The van der Waals surface area contributed by atoms with Crippen LogP contribution in [0.25, 0.3) is 0 Å². The van der Waals surface area contributed by atoms with Gasteiger partial charge in [-0.3, -0.25) is 4.79 Å². The highest BCUT2D eigenvalue weighted by Gasteiger charge is 2.65. The number of carbonyl (C=O) groups excluding carboxylic acids is 1. The van der Waals surface area contributed by atoms with Crippen LogP contribution < -0.4 is 0 Å². The minimum Gasteiger partial charge on any atom is -0.623 e. The maximum absolute atomic E-state index is 13.4. The highest BCUT2D eigenvalue weighted by molar-refractivity contribution is 6.30. The van der Waals surface area contributed by atoms with Crippen LogP contribution >= 0.6 is 11.6 Å². The van der Waals surface area contributed by atoms with E-state index in [1.165, 1.54) is 6.08 Å². The smallest absolute Gasteiger partial charge is 0.301 e. The van der Waals surface area contributed by atoms with Crippen LogP contribution in [-0.2, 0) is 4.79 Å². The fraction of sp³-hybridized carbons (Fsp3) is 0.273. The van der Waals surface area contributed by atoms with Gasteiger partial charge in [0, 0.05) is 23.7 Å². The summed E-state index contributed by atoms with van der Waals surface area (Å²) in [6.45, 7) is 8.75. The topological polar surface area (TPSA) is 46.4 Å². The number of likely N-dealkylation sites (N-methyl/N-ethyl adjacent to an activating group) is 1. The molecule has 1 amide bonds. The van der Waals surface area contributed by atoms with E-state index in [1.807, 2.05) is 56.3 Å². The van der Waals surface area contributed by atoms with Crippen LogP contribution in [0.3, 0.4) is 0 Å². The second-order valence-electron chi connectivity index (χ2n) is 6.54. The van der Waals surface area contributed by atoms with Crippen LogP contribution in [0, 0.1) is 5.21 Å². The quantitative estimate of drug-likeness (QED) is 0.426. The predicted octanol–water partition coefficient (Wildman–Crippen LogP) is 4.23. The molecule has 4 nitrogen and oxygen atoms in total. The zero-order chi connectivity index (χ0) is 19.6. The number of halogens is 1. The third-order valence-electron chi connectivity index (χ3n) is 5.25. The fourth-order valence-electron chi connectivity index (χ4n) is 3.80. The first-order valence-electron chi connectivity index (χ1n) is 9.09. The summed E-state index contributed by atoms with van der Waals surface area (Å²) in [6, 6.07) is 16.7. The monoisotopic (exact) mass is 382 g/mol. The molecule has 0 saturated carbocycles. The second-order valence-corrected chi connectivity index (χ2v) is 6.97. The van der Waals surface area contributed by atoms with Crippen molar-refractivity contribution < 1.29 is 9.53 Å². The molecule has 27 heavy (non-hydrogen) atoms. The summed E-state index contributed by atoms with van der Waals surface area (Å²) in [5.41, 5.74) is 0.881. The Bertz CT molecular complexity index is 873. The molecule has 1 heterocycles. The second kappa shape index (κ2) is 7.57. The molecule has 0 aliphatic carbocycles. The number of hydroxylamine groups is 1. The largest absolute Gasteiger partial charge is 0.623 e. The molecule has 0 radical (unpaired) electrons. The maximum atomic E-state index is 13.4. The van der Waals surface area contributed by atoms with E-state index in [1.54, 1.807) is 17.0 Å². The van der Waals surface area contributed by atoms with E-state index in [0.717, 1.165) is 15.9 Å². The number of nitrogens with zero attached hydrogens (tertiary/aromatic N) is 2. The number of rotatable bonds is 6. The Hall–Kier alpha value is -2.59. The molecule has 0 aromatic heterocycles. The third-order valence-corrected chi connectivity index (χ3v) is 5.50. The lowest BCUT2D eigenvalue weighted by Gasteiger charge is -2.45. The summed E-state index contributed by atoms with van der Waals surface area (Å²) in [5, 5.41) is 13.9. The van der Waals surface area contributed by atoms with Crippen molar-refractivity contribution in [1.82, 2.24) is 4.90 Å². The van der Waals surface area contributed by atoms with Crippen LogP contribution in [0.4, 0.5) is 0 Å². The van der Waals surface area contributed by atoms with Gasteiger partial charge in [0.05, 0.1) is 0 Å². The summed E-state index contributed by atoms with van der Waals surface area (Å²) in [7, 11) is 0. The highest BCUT2D eigenvalue weighted by atomic mass is 35.5. The van der Waals surface area contributed by atoms with Gasteiger partial charge in [-0.05, 0) is 49.8 Å². The first kappa shape index (κ1) is 19.2. The summed E-state index contributed by atoms with van der Waals surface area (Å²) in [5.74, 6) is -0.641. The van der Waals surface area contributed by atoms with Crippen molar-refractivity contribution in [2.45, 2.75) is 25.3 Å². The van der Waals surface area contributed by atoms with E-state index in [9.17, 15) is 10.0 Å². The average molecular weight is 383 g/mol. The van der Waals surface area contributed by atoms with E-state index in [4.69, 9.17) is 11.6 Å². The summed E-state index contributed by atoms with van der Waals surface area (Å²) in [6.07, 6.45) is 1.49. The molecule has 2 aromatic carbocycles. The van der Waals surface area contributed by atoms with Crippen molar-refractivity contribution in [3.8, 4) is 0 Å². The Morgan fingerprint density at radius 3 is 2.30 bits per heavy atom. The van der Waals surface area contributed by atoms with E-state index in [2.05, 4.69) is 6.58 Å². The van der Waals surface area contributed by atoms with Gasteiger partial charge in [0.25, 0.3) is 5.54 Å². The number of amides is 1. The standard InChI is InChI=1S/C22H23ClN2O2/c1-4-22(21(26)24(5-2)6-3)19(16-12-14-18(23)15-13-16)20(25(22)27)17-10-8-7-9-11-17/h4,7-15,19H,1,5-6H2,2-3H3/t19-,22+/m0/s1. The van der Waals surface area contributed by atoms with Gasteiger partial charge in [0.1, 0.15) is 5.92 Å². The van der Waals surface area contributed by atoms with Crippen molar-refractivity contribution in [2.75, 3.05) is 13.1 Å². The zero-order valence-corrected chi connectivity index (χ0v) is 16.3. The van der Waals surface area contributed by atoms with Crippen LogP contribution in [0.2, 0.25) is 5.02 Å². The first-order chi connectivity index (χ1) is 13.0. The molecule has 0 fully saturated rings. The Morgan fingerprint density at radius 1 is 1.19 bits per heavy atom. The first-order valence-corrected chi connectivity index (χ1v) is 9.47. The number of benzene rings is 2. The molecule has 0 saturated heterocycles. The maximum Gasteiger partial charge on any atom is 0.301 e. The van der Waals surface area contributed by atoms with Gasteiger partial charge >= 0.3 is 5.91 Å². The van der Waals surface area contributed by atoms with E-state index < -0.39 is 11.5 Å². The van der Waals surface area contributed by atoms with Gasteiger partial charge in [-0.1, -0.05) is 48.5 Å². The fourth-order valence-corrected chi connectivity index (χ4v) is 3.92. The van der Waals surface area contributed by atoms with Crippen molar-refractivity contribution in [2.24, 2.45) is 0 Å². The van der Waals surface area contributed by atoms with Gasteiger partial charge in [0.2, 0.25) is 5.71 Å². The normalized spacial score (nSPS) is 21.5. The van der Waals surface area contributed by atoms with Crippen LogP contribution in [-0.4, -0.2) is 39.9 Å². The molecule has 5 heteroatoms. The lowest BCUT2D eigenvalue weighted by Crippen LogP contribution is -2.67. The Kier molecular flexibility index (Phi) is 5.38. The van der Waals surface area contributed by atoms with Gasteiger partial charge in [-0.25, -0.2) is 0 Å². The molecule has 140 valence electrons. The lowest BCUT2D eigenvalue weighted by molar-refractivity contribution is -0.552. The van der Waals surface area contributed by atoms with Gasteiger partial charge in [0.15, 0.2) is 0 Å². The van der Waals surface area contributed by atoms with Crippen molar-refractivity contribution in [1.29, 1.82) is 0 Å². The molecule has 1 aliphatic heterocycles. The van der Waals surface area contributed by atoms with Crippen molar-refractivity contribution >= 4 is 23.2 Å². The van der Waals surface area contributed by atoms with Gasteiger partial charge < -0.3 is 10.1 Å². The van der Waals surface area contributed by atoms with Gasteiger partial charge in [-0.15, -0.1) is 0 Å². The number of hydrogen-bond donors (Lipinski definition) is 0. The zero-order valence-electron chi connectivity index (χ0n) is 15.6. The third kappa shape index (κ3) is 2.94. The van der Waals surface area contributed by atoms with E-state index in [-0.39, 0.29) is 5.91 Å². The molecule has 2 atom stereocenters. The number of hydrogen-bond acceptors (Lipinski definition) is 2. The molecule has 3 rings (SSSR count). The molecule has 0 N–H and O–H groups in total. The summed E-state index contributed by atoms with van der Waals surface area (Å²) in [4.78, 5) is 15.0. The van der Waals surface area contributed by atoms with Crippen molar-refractivity contribution in [3.05, 3.63) is 88.6 Å². The summed E-state index contributed by atoms with van der Waals surface area (Å²) >= 11 is 6.05. The molecule has 2 aromatic rings. The summed E-state index contributed by atoms with van der Waals surface area (Å²) < 4.78 is 0.829. The highest BCUT2D eigenvalue weighted by Crippen LogP contribution is 2.45. The van der Waals surface area contributed by atoms with Gasteiger partial charge in [-0.2, -0.15) is 4.74 Å². The minimum absolute atomic E-state index is 0.225. The minimum atomic E-state index is -1.36. The van der Waals surface area contributed by atoms with E-state index in [0.29, 0.717) is 23.8 Å². The lowest BCUT2D eigenvalue weighted by atomic mass is 9.68. The van der Waals surface area contributed by atoms with Crippen LogP contribution in [0.1, 0.15) is 30.9 Å². The molecule has 0 unspecified atom stereocenters. The molecule has 0 spiro atoms. The predicted molar refractivity (Wildman–Crippen MR) is 109 cm³/mol. The van der Waals surface area contributed by atoms with Crippen molar-refractivity contribution in [3.63, 3.8) is 0 Å². The molecular formula is C22H23ClN2O2. The molecule has 1 aliphatic rings. The molecule has 0 bridgehead atoms. The average Bonchev–Trinajstić information content (AvgIpc) is 2.69. The Labute approximate surface area is 165 Å². The number of carbonyl (C=O) groups is 1. The van der Waals surface area contributed by atoms with E-state index >= 15 is 0 Å². The molecular weight excluding hydrogens is 360 g/mol.